The van der Waals surface area contributed by atoms with Gasteiger partial charge in [-0.3, -0.25) is 0 Å². The summed E-state index contributed by atoms with van der Waals surface area (Å²) in [5.74, 6) is -0.0645. The summed E-state index contributed by atoms with van der Waals surface area (Å²) in [6.07, 6.45) is 5.96. The molecule has 1 unspecified atom stereocenters. The van der Waals surface area contributed by atoms with Crippen LogP contribution in [0, 0.1) is 5.92 Å². The average Bonchev–Trinajstić information content (AvgIpc) is 2.43. The number of aliphatic hydroxyl groups excluding tert-OH is 1. The summed E-state index contributed by atoms with van der Waals surface area (Å²) in [5.41, 5.74) is 0.976. The number of rotatable bonds is 1. The lowest BCUT2D eigenvalue weighted by molar-refractivity contribution is -0.00188. The number of aliphatic hydroxyl groups is 1. The maximum atomic E-state index is 11.4. The van der Waals surface area contributed by atoms with Crippen molar-refractivity contribution < 1.29 is 19.4 Å². The fourth-order valence-corrected chi connectivity index (χ4v) is 2.10. The fourth-order valence-electron chi connectivity index (χ4n) is 2.10. The van der Waals surface area contributed by atoms with Gasteiger partial charge in [0.2, 0.25) is 0 Å². The zero-order valence-electron chi connectivity index (χ0n) is 12.5. The van der Waals surface area contributed by atoms with Gasteiger partial charge in [-0.15, -0.1) is 0 Å². The number of methoxy groups -OCH3 is 1. The van der Waals surface area contributed by atoms with Crippen molar-refractivity contribution in [3.8, 4) is 0 Å². The highest BCUT2D eigenvalue weighted by Gasteiger charge is 2.21. The number of ether oxygens (including phenoxy) is 2. The van der Waals surface area contributed by atoms with E-state index in [1.165, 1.54) is 0 Å². The Hall–Kier alpha value is -1.33. The van der Waals surface area contributed by atoms with Gasteiger partial charge in [-0.1, -0.05) is 30.7 Å². The molecule has 0 aromatic carbocycles. The Kier molecular flexibility index (Phi) is 7.33. The van der Waals surface area contributed by atoms with E-state index < -0.39 is 12.2 Å². The minimum atomic E-state index is -0.610. The van der Waals surface area contributed by atoms with Crippen LogP contribution in [-0.2, 0) is 9.47 Å². The highest BCUT2D eigenvalue weighted by molar-refractivity contribution is 5.67. The van der Waals surface area contributed by atoms with Crippen LogP contribution >= 0.6 is 0 Å². The summed E-state index contributed by atoms with van der Waals surface area (Å²) in [6, 6.07) is 0. The number of carbonyl (C=O) groups is 1. The first-order chi connectivity index (χ1) is 9.54. The molecule has 114 valence electrons. The number of alkyl carbamates (subject to hydrolysis) is 1. The molecular formula is C15H25NO4. The van der Waals surface area contributed by atoms with Gasteiger partial charge in [0.25, 0.3) is 0 Å². The normalized spacial score (nSPS) is 34.1. The maximum absolute atomic E-state index is 11.4. The van der Waals surface area contributed by atoms with E-state index in [1.807, 2.05) is 32.1 Å². The van der Waals surface area contributed by atoms with Crippen LogP contribution in [0.2, 0.25) is 0 Å². The van der Waals surface area contributed by atoms with Gasteiger partial charge < -0.3 is 19.9 Å². The van der Waals surface area contributed by atoms with Crippen molar-refractivity contribution in [2.45, 2.75) is 38.9 Å². The Morgan fingerprint density at radius 2 is 2.25 bits per heavy atom. The second kappa shape index (κ2) is 8.76. The quantitative estimate of drug-likeness (QED) is 0.722. The topological polar surface area (TPSA) is 67.8 Å². The van der Waals surface area contributed by atoms with Crippen LogP contribution < -0.4 is 5.32 Å². The Balaban J connectivity index is 2.78. The summed E-state index contributed by atoms with van der Waals surface area (Å²) in [4.78, 5) is 11.4. The molecule has 20 heavy (non-hydrogen) atoms. The third-order valence-corrected chi connectivity index (χ3v) is 3.28. The second-order valence-electron chi connectivity index (χ2n) is 5.12. The Labute approximate surface area is 120 Å². The van der Waals surface area contributed by atoms with E-state index in [0.29, 0.717) is 13.2 Å². The fraction of sp³-hybridized carbons (Fsp3) is 0.667. The van der Waals surface area contributed by atoms with E-state index in [-0.39, 0.29) is 12.0 Å². The van der Waals surface area contributed by atoms with Crippen LogP contribution in [0.3, 0.4) is 0 Å². The van der Waals surface area contributed by atoms with E-state index in [4.69, 9.17) is 9.47 Å². The molecule has 1 aliphatic rings. The standard InChI is InChI=1S/C15H25NO4/c1-11-9-12(2)14(17)13(19-3)7-5-4-6-8-20-15(18)16-10-11/h5,7,9,12-14,17H,4,6,8,10H2,1-3H3,(H,16,18)/b7-5+,11-9-/t12?,13-,14-/m0/s1. The zero-order valence-corrected chi connectivity index (χ0v) is 12.5. The number of hydrogen-bond donors (Lipinski definition) is 2. The van der Waals surface area contributed by atoms with Crippen molar-refractivity contribution in [2.24, 2.45) is 5.92 Å². The highest BCUT2D eigenvalue weighted by Crippen LogP contribution is 2.15. The lowest BCUT2D eigenvalue weighted by Crippen LogP contribution is -2.32. The van der Waals surface area contributed by atoms with Crippen LogP contribution in [0.1, 0.15) is 26.7 Å². The lowest BCUT2D eigenvalue weighted by Gasteiger charge is -2.23. The molecule has 5 heteroatoms. The first kappa shape index (κ1) is 16.7. The molecule has 2 N–H and O–H groups in total. The third kappa shape index (κ3) is 5.75. The first-order valence-corrected chi connectivity index (χ1v) is 7.00. The van der Waals surface area contributed by atoms with Gasteiger partial charge in [0.05, 0.1) is 12.7 Å². The summed E-state index contributed by atoms with van der Waals surface area (Å²) in [5, 5.41) is 13.0. The summed E-state index contributed by atoms with van der Waals surface area (Å²) >= 11 is 0. The number of hydrogen-bond acceptors (Lipinski definition) is 4. The van der Waals surface area contributed by atoms with Crippen molar-refractivity contribution in [1.82, 2.24) is 5.32 Å². The molecule has 1 heterocycles. The zero-order chi connectivity index (χ0) is 15.0. The maximum Gasteiger partial charge on any atom is 0.407 e. The van der Waals surface area contributed by atoms with Crippen molar-refractivity contribution in [3.63, 3.8) is 0 Å². The van der Waals surface area contributed by atoms with E-state index in [9.17, 15) is 9.90 Å². The predicted octanol–water partition coefficient (Wildman–Crippen LogP) is 2.02. The van der Waals surface area contributed by atoms with Gasteiger partial charge in [0, 0.05) is 19.6 Å². The van der Waals surface area contributed by atoms with Crippen LogP contribution in [0.5, 0.6) is 0 Å². The molecule has 1 aliphatic heterocycles. The number of nitrogens with one attached hydrogen (secondary N) is 1. The molecule has 0 aromatic rings. The number of allylic oxidation sites excluding steroid dienone is 1. The summed E-state index contributed by atoms with van der Waals surface area (Å²) < 4.78 is 10.4. The molecule has 1 amide bonds. The molecule has 0 bridgehead atoms. The lowest BCUT2D eigenvalue weighted by atomic mass is 9.96. The van der Waals surface area contributed by atoms with Crippen LogP contribution in [0.25, 0.3) is 0 Å². The highest BCUT2D eigenvalue weighted by atomic mass is 16.5. The molecule has 0 saturated heterocycles. The minimum absolute atomic E-state index is 0.0645. The second-order valence-corrected chi connectivity index (χ2v) is 5.12. The van der Waals surface area contributed by atoms with Gasteiger partial charge in [-0.25, -0.2) is 4.79 Å². The van der Waals surface area contributed by atoms with Crippen LogP contribution in [-0.4, -0.2) is 43.7 Å². The Morgan fingerprint density at radius 3 is 2.95 bits per heavy atom. The predicted molar refractivity (Wildman–Crippen MR) is 77.4 cm³/mol. The number of amides is 1. The van der Waals surface area contributed by atoms with E-state index in [1.54, 1.807) is 7.11 Å². The molecule has 0 fully saturated rings. The molecule has 0 spiro atoms. The van der Waals surface area contributed by atoms with Crippen molar-refractivity contribution in [3.05, 3.63) is 23.8 Å². The third-order valence-electron chi connectivity index (χ3n) is 3.28. The molecule has 0 saturated carbocycles. The van der Waals surface area contributed by atoms with E-state index >= 15 is 0 Å². The van der Waals surface area contributed by atoms with Crippen molar-refractivity contribution in [1.29, 1.82) is 0 Å². The Bertz CT molecular complexity index is 365. The SMILES string of the molecule is CO[C@H]1/C=C/CCCOC(=O)NC/C(C)=C\C(C)[C@@H]1O. The summed E-state index contributed by atoms with van der Waals surface area (Å²) in [6.45, 7) is 4.64. The number of cyclic esters (lactones) is 1. The van der Waals surface area contributed by atoms with Crippen LogP contribution in [0.4, 0.5) is 4.79 Å². The molecule has 0 aromatic heterocycles. The van der Waals surface area contributed by atoms with Crippen molar-refractivity contribution in [2.75, 3.05) is 20.3 Å². The smallest absolute Gasteiger partial charge is 0.407 e. The Morgan fingerprint density at radius 1 is 1.50 bits per heavy atom. The first-order valence-electron chi connectivity index (χ1n) is 7.00. The largest absolute Gasteiger partial charge is 0.450 e. The minimum Gasteiger partial charge on any atom is -0.450 e. The molecule has 0 radical (unpaired) electrons. The molecule has 3 atom stereocenters. The van der Waals surface area contributed by atoms with Gasteiger partial charge in [0.1, 0.15) is 6.10 Å². The van der Waals surface area contributed by atoms with Gasteiger partial charge >= 0.3 is 6.09 Å². The van der Waals surface area contributed by atoms with Gasteiger partial charge in [-0.2, -0.15) is 0 Å². The average molecular weight is 283 g/mol. The van der Waals surface area contributed by atoms with E-state index in [0.717, 1.165) is 18.4 Å². The van der Waals surface area contributed by atoms with Gasteiger partial charge in [0.15, 0.2) is 0 Å². The molecule has 1 rings (SSSR count). The number of carbonyl (C=O) groups excluding carboxylic acids is 1. The molecule has 5 nitrogen and oxygen atoms in total. The van der Waals surface area contributed by atoms with Crippen LogP contribution in [0.15, 0.2) is 23.8 Å². The monoisotopic (exact) mass is 283 g/mol. The van der Waals surface area contributed by atoms with Gasteiger partial charge in [-0.05, 0) is 19.8 Å². The van der Waals surface area contributed by atoms with E-state index in [2.05, 4.69) is 5.32 Å². The summed E-state index contributed by atoms with van der Waals surface area (Å²) in [7, 11) is 1.59. The van der Waals surface area contributed by atoms with Crippen molar-refractivity contribution >= 4 is 6.09 Å². The molecular weight excluding hydrogens is 258 g/mol. The molecule has 0 aliphatic carbocycles.